The summed E-state index contributed by atoms with van der Waals surface area (Å²) in [6.45, 7) is 6.46. The molecule has 1 spiro atoms. The van der Waals surface area contributed by atoms with E-state index in [1.807, 2.05) is 40.8 Å². The molecule has 1 saturated heterocycles. The summed E-state index contributed by atoms with van der Waals surface area (Å²) in [5.41, 5.74) is 6.52. The third-order valence-electron chi connectivity index (χ3n) is 9.04. The van der Waals surface area contributed by atoms with E-state index in [0.717, 1.165) is 53.5 Å². The molecule has 0 N–H and O–H groups in total. The van der Waals surface area contributed by atoms with Gasteiger partial charge in [-0.15, -0.1) is 0 Å². The van der Waals surface area contributed by atoms with Gasteiger partial charge in [-0.3, -0.25) is 4.79 Å². The summed E-state index contributed by atoms with van der Waals surface area (Å²) in [5, 5.41) is 4.86. The molecular weight excluding hydrogens is 448 g/mol. The Balaban J connectivity index is 1.21. The van der Waals surface area contributed by atoms with Crippen LogP contribution in [0.25, 0.3) is 5.69 Å². The van der Waals surface area contributed by atoms with Gasteiger partial charge in [0.05, 0.1) is 18.5 Å². The van der Waals surface area contributed by atoms with Crippen molar-refractivity contribution in [3.05, 3.63) is 71.0 Å². The van der Waals surface area contributed by atoms with E-state index in [1.54, 1.807) is 7.11 Å². The Hall–Kier alpha value is -3.12. The number of anilines is 1. The van der Waals surface area contributed by atoms with Crippen LogP contribution in [0.15, 0.2) is 48.5 Å². The standard InChI is InChI=1S/C30H34N4O2/c1-21-26-27(34(31-21)24-9-11-25(36-2)12-10-24)28(35)33(20-30(26)15-16-30)23-7-5-22(6-8-23)29(13-14-29)19-32-17-3-4-18-32/h5-12H,3-4,13-20H2,1-2H3. The molecule has 3 fully saturated rings. The number of rotatable bonds is 6. The molecule has 4 aliphatic rings. The van der Waals surface area contributed by atoms with Crippen molar-refractivity contribution in [3.8, 4) is 11.4 Å². The molecule has 1 amide bonds. The minimum atomic E-state index is 0.0319. The van der Waals surface area contributed by atoms with E-state index in [0.29, 0.717) is 5.41 Å². The van der Waals surface area contributed by atoms with E-state index in [4.69, 9.17) is 9.84 Å². The first kappa shape index (κ1) is 22.1. The number of hydrogen-bond donors (Lipinski definition) is 0. The summed E-state index contributed by atoms with van der Waals surface area (Å²) in [4.78, 5) is 18.7. The highest BCUT2D eigenvalue weighted by Crippen LogP contribution is 2.55. The Morgan fingerprint density at radius 3 is 2.19 bits per heavy atom. The molecule has 36 heavy (non-hydrogen) atoms. The Morgan fingerprint density at radius 2 is 1.58 bits per heavy atom. The van der Waals surface area contributed by atoms with Gasteiger partial charge in [0.25, 0.3) is 5.91 Å². The van der Waals surface area contributed by atoms with Crippen molar-refractivity contribution in [2.45, 2.75) is 56.3 Å². The largest absolute Gasteiger partial charge is 0.497 e. The van der Waals surface area contributed by atoms with E-state index >= 15 is 0 Å². The molecule has 2 aromatic carbocycles. The van der Waals surface area contributed by atoms with Crippen LogP contribution < -0.4 is 9.64 Å². The molecule has 0 unspecified atom stereocenters. The van der Waals surface area contributed by atoms with Crippen LogP contribution >= 0.6 is 0 Å². The summed E-state index contributed by atoms with van der Waals surface area (Å²) in [6.07, 6.45) is 7.44. The van der Waals surface area contributed by atoms with Gasteiger partial charge in [-0.1, -0.05) is 12.1 Å². The number of hydrogen-bond acceptors (Lipinski definition) is 4. The average molecular weight is 483 g/mol. The van der Waals surface area contributed by atoms with Gasteiger partial charge < -0.3 is 14.5 Å². The number of carbonyl (C=O) groups excluding carboxylic acids is 1. The number of likely N-dealkylation sites (tertiary alicyclic amines) is 1. The fourth-order valence-electron chi connectivity index (χ4n) is 6.67. The topological polar surface area (TPSA) is 50.6 Å². The van der Waals surface area contributed by atoms with E-state index in [2.05, 4.69) is 29.2 Å². The summed E-state index contributed by atoms with van der Waals surface area (Å²) in [7, 11) is 1.66. The predicted molar refractivity (Wildman–Crippen MR) is 140 cm³/mol. The summed E-state index contributed by atoms with van der Waals surface area (Å²) >= 11 is 0. The highest BCUT2D eigenvalue weighted by Gasteiger charge is 2.55. The van der Waals surface area contributed by atoms with Crippen LogP contribution in [0.5, 0.6) is 5.75 Å². The Kier molecular flexibility index (Phi) is 4.88. The maximum atomic E-state index is 14.0. The molecule has 0 bridgehead atoms. The molecule has 1 aromatic heterocycles. The summed E-state index contributed by atoms with van der Waals surface area (Å²) in [5.74, 6) is 0.839. The lowest BCUT2D eigenvalue weighted by molar-refractivity contribution is 0.0966. The van der Waals surface area contributed by atoms with Gasteiger partial charge in [0.15, 0.2) is 0 Å². The van der Waals surface area contributed by atoms with Gasteiger partial charge in [-0.05, 0) is 100 Å². The van der Waals surface area contributed by atoms with E-state index in [9.17, 15) is 4.79 Å². The van der Waals surface area contributed by atoms with E-state index in [-0.39, 0.29) is 11.3 Å². The predicted octanol–water partition coefficient (Wildman–Crippen LogP) is 5.01. The fraction of sp³-hybridized carbons (Fsp3) is 0.467. The second-order valence-corrected chi connectivity index (χ2v) is 11.4. The molecular formula is C30H34N4O2. The van der Waals surface area contributed by atoms with Crippen molar-refractivity contribution in [3.63, 3.8) is 0 Å². The quantitative estimate of drug-likeness (QED) is 0.496. The maximum absolute atomic E-state index is 14.0. The summed E-state index contributed by atoms with van der Waals surface area (Å²) in [6, 6.07) is 16.7. The van der Waals surface area contributed by atoms with Gasteiger partial charge >= 0.3 is 0 Å². The number of benzene rings is 2. The van der Waals surface area contributed by atoms with Crippen LogP contribution in [0.3, 0.4) is 0 Å². The van der Waals surface area contributed by atoms with Crippen molar-refractivity contribution in [1.82, 2.24) is 14.7 Å². The van der Waals surface area contributed by atoms with Gasteiger partial charge in [-0.2, -0.15) is 5.10 Å². The molecule has 0 atom stereocenters. The Labute approximate surface area is 212 Å². The number of nitrogens with zero attached hydrogens (tertiary/aromatic N) is 4. The number of aromatic nitrogens is 2. The van der Waals surface area contributed by atoms with Gasteiger partial charge in [0.2, 0.25) is 0 Å². The Morgan fingerprint density at radius 1 is 0.917 bits per heavy atom. The van der Waals surface area contributed by atoms with E-state index in [1.165, 1.54) is 50.9 Å². The number of carbonyl (C=O) groups is 1. The molecule has 6 nitrogen and oxygen atoms in total. The van der Waals surface area contributed by atoms with Crippen LogP contribution in [-0.4, -0.2) is 53.9 Å². The van der Waals surface area contributed by atoms with Crippen molar-refractivity contribution >= 4 is 11.6 Å². The highest BCUT2D eigenvalue weighted by atomic mass is 16.5. The number of fused-ring (bicyclic) bond motifs is 2. The second kappa shape index (κ2) is 7.94. The Bertz CT molecular complexity index is 1310. The molecule has 7 rings (SSSR count). The maximum Gasteiger partial charge on any atom is 0.277 e. The fourth-order valence-corrected chi connectivity index (χ4v) is 6.67. The lowest BCUT2D eigenvalue weighted by atomic mass is 9.88. The van der Waals surface area contributed by atoms with Crippen LogP contribution in [0.1, 0.15) is 65.8 Å². The molecule has 6 heteroatoms. The molecule has 2 saturated carbocycles. The normalized spacial score (nSPS) is 21.6. The zero-order valence-corrected chi connectivity index (χ0v) is 21.3. The smallest absolute Gasteiger partial charge is 0.277 e. The molecule has 186 valence electrons. The molecule has 0 radical (unpaired) electrons. The number of amides is 1. The minimum absolute atomic E-state index is 0.0319. The molecule has 3 heterocycles. The van der Waals surface area contributed by atoms with E-state index < -0.39 is 0 Å². The molecule has 2 aliphatic heterocycles. The van der Waals surface area contributed by atoms with Crippen molar-refractivity contribution in [2.24, 2.45) is 0 Å². The van der Waals surface area contributed by atoms with Crippen LogP contribution in [-0.2, 0) is 10.8 Å². The number of aryl methyl sites for hydroxylation is 1. The second-order valence-electron chi connectivity index (χ2n) is 11.4. The lowest BCUT2D eigenvalue weighted by Crippen LogP contribution is -2.44. The first-order chi connectivity index (χ1) is 17.5. The van der Waals surface area contributed by atoms with Crippen molar-refractivity contribution in [1.29, 1.82) is 0 Å². The van der Waals surface area contributed by atoms with Crippen LogP contribution in [0.2, 0.25) is 0 Å². The van der Waals surface area contributed by atoms with Crippen LogP contribution in [0.4, 0.5) is 5.69 Å². The van der Waals surface area contributed by atoms with Crippen LogP contribution in [0, 0.1) is 6.92 Å². The average Bonchev–Trinajstić information content (AvgIpc) is 3.76. The summed E-state index contributed by atoms with van der Waals surface area (Å²) < 4.78 is 7.18. The van der Waals surface area contributed by atoms with Crippen molar-refractivity contribution < 1.29 is 9.53 Å². The zero-order valence-electron chi connectivity index (χ0n) is 21.3. The lowest BCUT2D eigenvalue weighted by Gasteiger charge is -2.34. The third kappa shape index (κ3) is 3.41. The third-order valence-corrected chi connectivity index (χ3v) is 9.04. The zero-order chi connectivity index (χ0) is 24.5. The number of methoxy groups -OCH3 is 1. The van der Waals surface area contributed by atoms with Crippen molar-refractivity contribution in [2.75, 3.05) is 38.2 Å². The first-order valence-corrected chi connectivity index (χ1v) is 13.4. The highest BCUT2D eigenvalue weighted by molar-refractivity contribution is 6.08. The van der Waals surface area contributed by atoms with Gasteiger partial charge in [0.1, 0.15) is 11.4 Å². The van der Waals surface area contributed by atoms with Gasteiger partial charge in [-0.25, -0.2) is 4.68 Å². The minimum Gasteiger partial charge on any atom is -0.497 e. The molecule has 3 aromatic rings. The molecule has 2 aliphatic carbocycles. The van der Waals surface area contributed by atoms with Gasteiger partial charge in [0, 0.05) is 35.2 Å². The number of ether oxygens (including phenoxy) is 1. The SMILES string of the molecule is COc1ccc(-n2nc(C)c3c2C(=O)N(c2ccc(C4(CN5CCCC5)CC4)cc2)CC32CC2)cc1. The first-order valence-electron chi connectivity index (χ1n) is 13.4. The monoisotopic (exact) mass is 482 g/mol.